The third-order valence-corrected chi connectivity index (χ3v) is 3.63. The molecule has 0 aliphatic carbocycles. The van der Waals surface area contributed by atoms with Gasteiger partial charge in [-0.1, -0.05) is 74.0 Å². The van der Waals surface area contributed by atoms with E-state index >= 15 is 0 Å². The van der Waals surface area contributed by atoms with Gasteiger partial charge < -0.3 is 4.98 Å². The number of imidazole rings is 1. The fourth-order valence-corrected chi connectivity index (χ4v) is 2.50. The molecule has 0 aliphatic rings. The van der Waals surface area contributed by atoms with E-state index in [2.05, 4.69) is 60.4 Å². The summed E-state index contributed by atoms with van der Waals surface area (Å²) in [5, 5.41) is 0. The molecule has 2 aromatic carbocycles. The van der Waals surface area contributed by atoms with E-state index in [4.69, 9.17) is 4.98 Å². The molecule has 2 nitrogen and oxygen atoms in total. The van der Waals surface area contributed by atoms with Crippen LogP contribution < -0.4 is 0 Å². The Morgan fingerprint density at radius 3 is 2.10 bits per heavy atom. The van der Waals surface area contributed by atoms with Crippen molar-refractivity contribution in [2.75, 3.05) is 0 Å². The van der Waals surface area contributed by atoms with Crippen LogP contribution in [0.15, 0.2) is 60.7 Å². The van der Waals surface area contributed by atoms with Crippen LogP contribution in [0.2, 0.25) is 0 Å². The van der Waals surface area contributed by atoms with Crippen molar-refractivity contribution in [3.63, 3.8) is 0 Å². The highest BCUT2D eigenvalue weighted by Gasteiger charge is 2.13. The molecule has 3 rings (SSSR count). The molecule has 0 amide bonds. The van der Waals surface area contributed by atoms with E-state index in [1.54, 1.807) is 0 Å². The predicted molar refractivity (Wildman–Crippen MR) is 88.1 cm³/mol. The highest BCUT2D eigenvalue weighted by atomic mass is 14.9. The summed E-state index contributed by atoms with van der Waals surface area (Å²) in [6.45, 7) is 2.21. The van der Waals surface area contributed by atoms with Gasteiger partial charge in [-0.2, -0.15) is 0 Å². The zero-order chi connectivity index (χ0) is 14.5. The van der Waals surface area contributed by atoms with Crippen molar-refractivity contribution in [3.05, 3.63) is 66.5 Å². The van der Waals surface area contributed by atoms with Crippen LogP contribution in [-0.2, 0) is 6.42 Å². The quantitative estimate of drug-likeness (QED) is 0.691. The number of aromatic amines is 1. The molecule has 0 fully saturated rings. The molecule has 0 unspecified atom stereocenters. The Hall–Kier alpha value is -2.35. The monoisotopic (exact) mass is 276 g/mol. The Morgan fingerprint density at radius 2 is 1.48 bits per heavy atom. The highest BCUT2D eigenvalue weighted by molar-refractivity contribution is 5.78. The number of benzene rings is 2. The number of hydrogen-bond acceptors (Lipinski definition) is 1. The van der Waals surface area contributed by atoms with Gasteiger partial charge in [0.2, 0.25) is 0 Å². The maximum atomic E-state index is 4.84. The van der Waals surface area contributed by atoms with Crippen LogP contribution in [0.4, 0.5) is 0 Å². The maximum absolute atomic E-state index is 4.84. The van der Waals surface area contributed by atoms with E-state index in [0.29, 0.717) is 0 Å². The van der Waals surface area contributed by atoms with Gasteiger partial charge in [0, 0.05) is 17.5 Å². The lowest BCUT2D eigenvalue weighted by Gasteiger charge is -2.02. The standard InChI is InChI=1S/C19H20N2/c1-2-3-14-17-20-18(15-10-6-4-7-11-15)19(21-17)16-12-8-5-9-13-16/h4-13H,2-3,14H2,1H3,(H,20,21). The van der Waals surface area contributed by atoms with Crippen molar-refractivity contribution in [2.45, 2.75) is 26.2 Å². The van der Waals surface area contributed by atoms with Gasteiger partial charge >= 0.3 is 0 Å². The molecule has 0 saturated heterocycles. The maximum Gasteiger partial charge on any atom is 0.107 e. The first-order valence-corrected chi connectivity index (χ1v) is 7.58. The Morgan fingerprint density at radius 1 is 0.857 bits per heavy atom. The van der Waals surface area contributed by atoms with Gasteiger partial charge in [-0.05, 0) is 6.42 Å². The van der Waals surface area contributed by atoms with Gasteiger partial charge in [0.15, 0.2) is 0 Å². The van der Waals surface area contributed by atoms with Crippen molar-refractivity contribution in [2.24, 2.45) is 0 Å². The number of nitrogens with zero attached hydrogens (tertiary/aromatic N) is 1. The molecular weight excluding hydrogens is 256 g/mol. The van der Waals surface area contributed by atoms with Crippen LogP contribution in [0.1, 0.15) is 25.6 Å². The van der Waals surface area contributed by atoms with Crippen LogP contribution >= 0.6 is 0 Å². The minimum absolute atomic E-state index is 1.00. The molecule has 2 heteroatoms. The fraction of sp³-hybridized carbons (Fsp3) is 0.211. The SMILES string of the molecule is CCCCc1nc(-c2ccccc2)c(-c2ccccc2)[nH]1. The van der Waals surface area contributed by atoms with E-state index < -0.39 is 0 Å². The van der Waals surface area contributed by atoms with Gasteiger partial charge in [-0.25, -0.2) is 4.98 Å². The van der Waals surface area contributed by atoms with Crippen molar-refractivity contribution in [1.29, 1.82) is 0 Å². The summed E-state index contributed by atoms with van der Waals surface area (Å²) < 4.78 is 0. The van der Waals surface area contributed by atoms with Crippen molar-refractivity contribution in [3.8, 4) is 22.5 Å². The lowest BCUT2D eigenvalue weighted by molar-refractivity contribution is 0.763. The molecule has 0 radical (unpaired) electrons. The number of aromatic nitrogens is 2. The summed E-state index contributed by atoms with van der Waals surface area (Å²) in [5.41, 5.74) is 4.52. The van der Waals surface area contributed by atoms with Crippen LogP contribution in [0.25, 0.3) is 22.5 Å². The summed E-state index contributed by atoms with van der Waals surface area (Å²) in [5.74, 6) is 1.08. The molecule has 1 N–H and O–H groups in total. The minimum atomic E-state index is 1.00. The van der Waals surface area contributed by atoms with Gasteiger partial charge in [0.25, 0.3) is 0 Å². The molecule has 0 saturated carbocycles. The number of aryl methyl sites for hydroxylation is 1. The zero-order valence-electron chi connectivity index (χ0n) is 12.3. The highest BCUT2D eigenvalue weighted by Crippen LogP contribution is 2.30. The van der Waals surface area contributed by atoms with Crippen LogP contribution in [-0.4, -0.2) is 9.97 Å². The zero-order valence-corrected chi connectivity index (χ0v) is 12.3. The van der Waals surface area contributed by atoms with Crippen LogP contribution in [0, 0.1) is 0 Å². The Balaban J connectivity index is 2.06. The molecule has 0 aliphatic heterocycles. The van der Waals surface area contributed by atoms with E-state index in [-0.39, 0.29) is 0 Å². The summed E-state index contributed by atoms with van der Waals surface area (Å²) in [7, 11) is 0. The molecule has 1 aromatic heterocycles. The van der Waals surface area contributed by atoms with E-state index in [0.717, 1.165) is 35.6 Å². The Labute approximate surface area is 125 Å². The third-order valence-electron chi connectivity index (χ3n) is 3.63. The average Bonchev–Trinajstić information content (AvgIpc) is 2.99. The van der Waals surface area contributed by atoms with Gasteiger partial charge in [0.05, 0.1) is 11.4 Å². The molecule has 1 heterocycles. The van der Waals surface area contributed by atoms with Gasteiger partial charge in [-0.15, -0.1) is 0 Å². The van der Waals surface area contributed by atoms with Gasteiger partial charge in [0.1, 0.15) is 5.82 Å². The number of hydrogen-bond donors (Lipinski definition) is 1. The molecule has 0 atom stereocenters. The molecule has 21 heavy (non-hydrogen) atoms. The number of nitrogens with one attached hydrogen (secondary N) is 1. The fourth-order valence-electron chi connectivity index (χ4n) is 2.50. The summed E-state index contributed by atoms with van der Waals surface area (Å²) in [4.78, 5) is 8.36. The molecule has 106 valence electrons. The minimum Gasteiger partial charge on any atom is -0.341 e. The van der Waals surface area contributed by atoms with E-state index in [9.17, 15) is 0 Å². The first-order valence-electron chi connectivity index (χ1n) is 7.58. The second kappa shape index (κ2) is 6.40. The van der Waals surface area contributed by atoms with Crippen molar-refractivity contribution in [1.82, 2.24) is 9.97 Å². The second-order valence-corrected chi connectivity index (χ2v) is 5.24. The average molecular weight is 276 g/mol. The molecule has 0 bridgehead atoms. The molecule has 3 aromatic rings. The lowest BCUT2D eigenvalue weighted by Crippen LogP contribution is -1.87. The largest absolute Gasteiger partial charge is 0.341 e. The van der Waals surface area contributed by atoms with Crippen molar-refractivity contribution < 1.29 is 0 Å². The number of rotatable bonds is 5. The number of H-pyrrole nitrogens is 1. The van der Waals surface area contributed by atoms with Gasteiger partial charge in [-0.3, -0.25) is 0 Å². The summed E-state index contributed by atoms with van der Waals surface area (Å²) in [6, 6.07) is 20.8. The lowest BCUT2D eigenvalue weighted by atomic mass is 10.1. The van der Waals surface area contributed by atoms with Crippen LogP contribution in [0.3, 0.4) is 0 Å². The molecular formula is C19H20N2. The normalized spacial score (nSPS) is 10.7. The third kappa shape index (κ3) is 3.05. The Bertz CT molecular complexity index is 627. The second-order valence-electron chi connectivity index (χ2n) is 5.24. The topological polar surface area (TPSA) is 28.7 Å². The predicted octanol–water partition coefficient (Wildman–Crippen LogP) is 5.09. The first-order chi connectivity index (χ1) is 10.4. The first kappa shape index (κ1) is 13.6. The summed E-state index contributed by atoms with van der Waals surface area (Å²) in [6.07, 6.45) is 3.35. The van der Waals surface area contributed by atoms with E-state index in [1.165, 1.54) is 12.0 Å². The number of unbranched alkanes of at least 4 members (excludes halogenated alkanes) is 1. The Kier molecular flexibility index (Phi) is 4.15. The van der Waals surface area contributed by atoms with E-state index in [1.807, 2.05) is 12.1 Å². The smallest absolute Gasteiger partial charge is 0.107 e. The summed E-state index contributed by atoms with van der Waals surface area (Å²) >= 11 is 0. The van der Waals surface area contributed by atoms with Crippen LogP contribution in [0.5, 0.6) is 0 Å². The van der Waals surface area contributed by atoms with Crippen molar-refractivity contribution >= 4 is 0 Å². The molecule has 0 spiro atoms.